The number of nitrogens with zero attached hydrogens (tertiary/aromatic N) is 1. The Bertz CT molecular complexity index is 616. The largest absolute Gasteiger partial charge is 0.493 e. The summed E-state index contributed by atoms with van der Waals surface area (Å²) in [5.41, 5.74) is 8.81. The zero-order valence-electron chi connectivity index (χ0n) is 14.1. The first kappa shape index (κ1) is 17.0. The summed E-state index contributed by atoms with van der Waals surface area (Å²) in [6, 6.07) is 11.9. The van der Waals surface area contributed by atoms with Crippen molar-refractivity contribution in [2.24, 2.45) is 0 Å². The molecule has 2 aromatic carbocycles. The van der Waals surface area contributed by atoms with Gasteiger partial charge < -0.3 is 19.9 Å². The number of hydrogen-bond acceptors (Lipinski definition) is 5. The van der Waals surface area contributed by atoms with E-state index in [1.807, 2.05) is 36.4 Å². The second-order valence-corrected chi connectivity index (χ2v) is 5.45. The molecule has 0 spiro atoms. The number of anilines is 1. The molecule has 0 unspecified atom stereocenters. The zero-order valence-corrected chi connectivity index (χ0v) is 14.1. The quantitative estimate of drug-likeness (QED) is 0.796. The summed E-state index contributed by atoms with van der Waals surface area (Å²) in [6.45, 7) is 1.60. The van der Waals surface area contributed by atoms with Gasteiger partial charge in [-0.2, -0.15) is 0 Å². The Morgan fingerprint density at radius 2 is 1.35 bits per heavy atom. The van der Waals surface area contributed by atoms with Crippen LogP contribution in [0.1, 0.15) is 11.1 Å². The van der Waals surface area contributed by atoms with Crippen LogP contribution < -0.4 is 19.9 Å². The normalized spacial score (nSPS) is 10.7. The molecule has 0 radical (unpaired) electrons. The lowest BCUT2D eigenvalue weighted by atomic mass is 10.1. The van der Waals surface area contributed by atoms with Crippen LogP contribution in [0, 0.1) is 0 Å². The summed E-state index contributed by atoms with van der Waals surface area (Å²) in [7, 11) is 6.92. The summed E-state index contributed by atoms with van der Waals surface area (Å²) in [5.74, 6) is 1.95. The van der Waals surface area contributed by atoms with Gasteiger partial charge in [0.1, 0.15) is 0 Å². The average molecular weight is 316 g/mol. The number of rotatable bonds is 7. The van der Waals surface area contributed by atoms with Gasteiger partial charge in [-0.1, -0.05) is 12.1 Å². The molecule has 0 heterocycles. The van der Waals surface area contributed by atoms with E-state index in [4.69, 9.17) is 19.9 Å². The third-order valence-corrected chi connectivity index (χ3v) is 3.61. The van der Waals surface area contributed by atoms with Crippen molar-refractivity contribution in [3.8, 4) is 17.2 Å². The van der Waals surface area contributed by atoms with Crippen LogP contribution in [0.25, 0.3) is 0 Å². The summed E-state index contributed by atoms with van der Waals surface area (Å²) in [6.07, 6.45) is 0. The van der Waals surface area contributed by atoms with Crippen LogP contribution in [-0.4, -0.2) is 33.3 Å². The molecule has 2 aromatic rings. The van der Waals surface area contributed by atoms with Gasteiger partial charge in [-0.25, -0.2) is 0 Å². The van der Waals surface area contributed by atoms with E-state index in [9.17, 15) is 0 Å². The fourth-order valence-corrected chi connectivity index (χ4v) is 2.53. The Kier molecular flexibility index (Phi) is 5.71. The first-order valence-electron chi connectivity index (χ1n) is 7.39. The molecule has 0 bridgehead atoms. The van der Waals surface area contributed by atoms with E-state index in [0.717, 1.165) is 24.3 Å². The third kappa shape index (κ3) is 4.29. The summed E-state index contributed by atoms with van der Waals surface area (Å²) < 4.78 is 16.1. The van der Waals surface area contributed by atoms with E-state index in [-0.39, 0.29) is 0 Å². The summed E-state index contributed by atoms with van der Waals surface area (Å²) >= 11 is 0. The van der Waals surface area contributed by atoms with Crippen molar-refractivity contribution in [1.29, 1.82) is 0 Å². The van der Waals surface area contributed by atoms with E-state index in [1.165, 1.54) is 5.56 Å². The van der Waals surface area contributed by atoms with Gasteiger partial charge in [-0.15, -0.1) is 0 Å². The second-order valence-electron chi connectivity index (χ2n) is 5.45. The van der Waals surface area contributed by atoms with Crippen LogP contribution in [0.3, 0.4) is 0 Å². The van der Waals surface area contributed by atoms with E-state index >= 15 is 0 Å². The first-order chi connectivity index (χ1) is 11.1. The minimum atomic E-state index is 0.611. The van der Waals surface area contributed by atoms with Crippen LogP contribution >= 0.6 is 0 Å². The molecular formula is C18H24N2O3. The Morgan fingerprint density at radius 3 is 1.83 bits per heavy atom. The number of hydrogen-bond donors (Lipinski definition) is 1. The van der Waals surface area contributed by atoms with Crippen molar-refractivity contribution in [2.45, 2.75) is 13.1 Å². The monoisotopic (exact) mass is 316 g/mol. The van der Waals surface area contributed by atoms with Gasteiger partial charge in [-0.05, 0) is 42.4 Å². The highest BCUT2D eigenvalue weighted by Crippen LogP contribution is 2.38. The Hall–Kier alpha value is -2.40. The predicted octanol–water partition coefficient (Wildman–Crippen LogP) is 2.93. The molecule has 0 fully saturated rings. The summed E-state index contributed by atoms with van der Waals surface area (Å²) in [4.78, 5) is 2.21. The molecule has 2 N–H and O–H groups in total. The SMILES string of the molecule is COc1cc(CN(C)Cc2ccc(N)cc2)cc(OC)c1OC. The third-order valence-electron chi connectivity index (χ3n) is 3.61. The minimum absolute atomic E-state index is 0.611. The van der Waals surface area contributed by atoms with Crippen LogP contribution in [0.2, 0.25) is 0 Å². The molecule has 5 heteroatoms. The number of nitrogen functional groups attached to an aromatic ring is 1. The predicted molar refractivity (Wildman–Crippen MR) is 92.1 cm³/mol. The molecule has 0 aliphatic heterocycles. The van der Waals surface area contributed by atoms with E-state index in [0.29, 0.717) is 17.2 Å². The fourth-order valence-electron chi connectivity index (χ4n) is 2.53. The molecule has 23 heavy (non-hydrogen) atoms. The standard InChI is InChI=1S/C18H24N2O3/c1-20(11-13-5-7-15(19)8-6-13)12-14-9-16(21-2)18(23-4)17(10-14)22-3/h5-10H,11-12,19H2,1-4H3. The van der Waals surface area contributed by atoms with Crippen LogP contribution in [-0.2, 0) is 13.1 Å². The molecular weight excluding hydrogens is 292 g/mol. The maximum Gasteiger partial charge on any atom is 0.203 e. The average Bonchev–Trinajstić information content (AvgIpc) is 2.55. The molecule has 0 amide bonds. The van der Waals surface area contributed by atoms with Crippen LogP contribution in [0.4, 0.5) is 5.69 Å². The zero-order chi connectivity index (χ0) is 16.8. The minimum Gasteiger partial charge on any atom is -0.493 e. The molecule has 0 aliphatic rings. The molecule has 0 atom stereocenters. The number of methoxy groups -OCH3 is 3. The summed E-state index contributed by atoms with van der Waals surface area (Å²) in [5, 5.41) is 0. The Balaban J connectivity index is 2.13. The molecule has 2 rings (SSSR count). The van der Waals surface area contributed by atoms with Crippen molar-refractivity contribution in [1.82, 2.24) is 4.90 Å². The number of benzene rings is 2. The Morgan fingerprint density at radius 1 is 0.826 bits per heavy atom. The van der Waals surface area contributed by atoms with Gasteiger partial charge in [0.2, 0.25) is 5.75 Å². The number of ether oxygens (including phenoxy) is 3. The van der Waals surface area contributed by atoms with Gasteiger partial charge >= 0.3 is 0 Å². The molecule has 0 aliphatic carbocycles. The molecule has 5 nitrogen and oxygen atoms in total. The maximum atomic E-state index is 5.72. The van der Waals surface area contributed by atoms with Crippen molar-refractivity contribution in [2.75, 3.05) is 34.1 Å². The highest BCUT2D eigenvalue weighted by molar-refractivity contribution is 5.53. The van der Waals surface area contributed by atoms with Crippen LogP contribution in [0.15, 0.2) is 36.4 Å². The van der Waals surface area contributed by atoms with Crippen LogP contribution in [0.5, 0.6) is 17.2 Å². The topological polar surface area (TPSA) is 57.0 Å². The lowest BCUT2D eigenvalue weighted by Crippen LogP contribution is -2.17. The van der Waals surface area contributed by atoms with Crippen molar-refractivity contribution < 1.29 is 14.2 Å². The van der Waals surface area contributed by atoms with Crippen molar-refractivity contribution in [3.05, 3.63) is 47.5 Å². The van der Waals surface area contributed by atoms with Gasteiger partial charge in [0.05, 0.1) is 21.3 Å². The van der Waals surface area contributed by atoms with E-state index in [2.05, 4.69) is 11.9 Å². The maximum absolute atomic E-state index is 5.72. The lowest BCUT2D eigenvalue weighted by Gasteiger charge is -2.19. The molecule has 124 valence electrons. The van der Waals surface area contributed by atoms with E-state index in [1.54, 1.807) is 21.3 Å². The van der Waals surface area contributed by atoms with Crippen molar-refractivity contribution >= 4 is 5.69 Å². The van der Waals surface area contributed by atoms with Crippen molar-refractivity contribution in [3.63, 3.8) is 0 Å². The van der Waals surface area contributed by atoms with Gasteiger partial charge in [0.25, 0.3) is 0 Å². The second kappa shape index (κ2) is 7.74. The smallest absolute Gasteiger partial charge is 0.203 e. The number of nitrogens with two attached hydrogens (primary N) is 1. The van der Waals surface area contributed by atoms with Gasteiger partial charge in [0, 0.05) is 18.8 Å². The van der Waals surface area contributed by atoms with E-state index < -0.39 is 0 Å². The highest BCUT2D eigenvalue weighted by Gasteiger charge is 2.14. The highest BCUT2D eigenvalue weighted by atomic mass is 16.5. The fraction of sp³-hybridized carbons (Fsp3) is 0.333. The first-order valence-corrected chi connectivity index (χ1v) is 7.39. The molecule has 0 saturated carbocycles. The van der Waals surface area contributed by atoms with Gasteiger partial charge in [0.15, 0.2) is 11.5 Å². The molecule has 0 saturated heterocycles. The lowest BCUT2D eigenvalue weighted by molar-refractivity contribution is 0.309. The van der Waals surface area contributed by atoms with Gasteiger partial charge in [-0.3, -0.25) is 4.90 Å². The Labute approximate surface area is 137 Å². The molecule has 0 aromatic heterocycles.